The van der Waals surface area contributed by atoms with Gasteiger partial charge < -0.3 is 32.5 Å². The Bertz CT molecular complexity index is 832. The van der Waals surface area contributed by atoms with Crippen LogP contribution < -0.4 is 27.4 Å². The van der Waals surface area contributed by atoms with Crippen LogP contribution in [0.15, 0.2) is 30.3 Å². The average Bonchev–Trinajstić information content (AvgIpc) is 2.78. The number of benzene rings is 1. The fourth-order valence-electron chi connectivity index (χ4n) is 2.92. The molecular weight excluding hydrogens is 430 g/mol. The minimum absolute atomic E-state index is 0.0930. The van der Waals surface area contributed by atoms with Crippen LogP contribution in [-0.2, 0) is 30.4 Å². The number of hydrogen-bond acceptors (Lipinski definition) is 6. The molecule has 8 N–H and O–H groups in total. The molecule has 182 valence electrons. The largest absolute Gasteiger partial charge is 0.480 e. The molecular formula is C22H33N5O6. The van der Waals surface area contributed by atoms with Crippen molar-refractivity contribution in [3.63, 3.8) is 0 Å². The third kappa shape index (κ3) is 10.1. The van der Waals surface area contributed by atoms with E-state index in [1.165, 1.54) is 0 Å². The molecule has 4 unspecified atom stereocenters. The second kappa shape index (κ2) is 13.8. The highest BCUT2D eigenvalue weighted by Gasteiger charge is 2.27. The lowest BCUT2D eigenvalue weighted by atomic mass is 9.98. The SMILES string of the molecule is CCC(C)C(N)C(=O)NC(Cc1ccccc1)C(=O)NCC(=O)NC(CCC(N)=O)C(=O)O. The lowest BCUT2D eigenvalue weighted by Crippen LogP contribution is -2.55. The number of primary amides is 1. The van der Waals surface area contributed by atoms with E-state index in [1.54, 1.807) is 24.3 Å². The zero-order valence-electron chi connectivity index (χ0n) is 18.9. The number of nitrogens with two attached hydrogens (primary N) is 2. The van der Waals surface area contributed by atoms with Crippen molar-refractivity contribution in [2.24, 2.45) is 17.4 Å². The van der Waals surface area contributed by atoms with Crippen LogP contribution in [-0.4, -0.2) is 59.4 Å². The van der Waals surface area contributed by atoms with Crippen molar-refractivity contribution >= 4 is 29.6 Å². The number of rotatable bonds is 14. The Morgan fingerprint density at radius 3 is 2.18 bits per heavy atom. The van der Waals surface area contributed by atoms with Gasteiger partial charge in [-0.3, -0.25) is 19.2 Å². The average molecular weight is 464 g/mol. The van der Waals surface area contributed by atoms with Gasteiger partial charge in [0.15, 0.2) is 0 Å². The molecule has 0 spiro atoms. The second-order valence-corrected chi connectivity index (χ2v) is 7.84. The molecule has 1 aromatic rings. The van der Waals surface area contributed by atoms with Gasteiger partial charge in [0.25, 0.3) is 0 Å². The molecule has 0 bridgehead atoms. The minimum Gasteiger partial charge on any atom is -0.480 e. The Balaban J connectivity index is 2.79. The molecule has 4 amide bonds. The van der Waals surface area contributed by atoms with Gasteiger partial charge in [-0.25, -0.2) is 4.79 Å². The summed E-state index contributed by atoms with van der Waals surface area (Å²) in [7, 11) is 0. The number of carbonyl (C=O) groups excluding carboxylic acids is 4. The summed E-state index contributed by atoms with van der Waals surface area (Å²) in [6.07, 6.45) is 0.462. The Morgan fingerprint density at radius 2 is 1.64 bits per heavy atom. The maximum Gasteiger partial charge on any atom is 0.326 e. The summed E-state index contributed by atoms with van der Waals surface area (Å²) < 4.78 is 0. The monoisotopic (exact) mass is 463 g/mol. The van der Waals surface area contributed by atoms with Crippen molar-refractivity contribution in [3.8, 4) is 0 Å². The zero-order valence-corrected chi connectivity index (χ0v) is 18.9. The molecule has 11 nitrogen and oxygen atoms in total. The summed E-state index contributed by atoms with van der Waals surface area (Å²) in [5, 5.41) is 16.4. The van der Waals surface area contributed by atoms with E-state index in [-0.39, 0.29) is 25.2 Å². The second-order valence-electron chi connectivity index (χ2n) is 7.84. The number of nitrogens with one attached hydrogen (secondary N) is 3. The zero-order chi connectivity index (χ0) is 25.0. The highest BCUT2D eigenvalue weighted by molar-refractivity contribution is 5.92. The molecule has 1 rings (SSSR count). The summed E-state index contributed by atoms with van der Waals surface area (Å²) in [5.74, 6) is -3.99. The normalized spacial score (nSPS) is 14.3. The molecule has 0 saturated heterocycles. The number of carboxylic acids is 1. The van der Waals surface area contributed by atoms with Crippen molar-refractivity contribution in [1.82, 2.24) is 16.0 Å². The number of hydrogen-bond donors (Lipinski definition) is 6. The summed E-state index contributed by atoms with van der Waals surface area (Å²) in [5.41, 5.74) is 11.8. The molecule has 0 fully saturated rings. The van der Waals surface area contributed by atoms with Gasteiger partial charge in [-0.05, 0) is 17.9 Å². The number of carboxylic acid groups (broad SMARTS) is 1. The van der Waals surface area contributed by atoms with Crippen molar-refractivity contribution in [3.05, 3.63) is 35.9 Å². The first kappa shape index (κ1) is 27.6. The molecule has 0 aliphatic carbocycles. The summed E-state index contributed by atoms with van der Waals surface area (Å²) in [6.45, 7) is 3.22. The molecule has 0 aromatic heterocycles. The third-order valence-electron chi connectivity index (χ3n) is 5.21. The lowest BCUT2D eigenvalue weighted by molar-refractivity contribution is -0.142. The minimum atomic E-state index is -1.33. The molecule has 0 radical (unpaired) electrons. The first-order valence-electron chi connectivity index (χ1n) is 10.7. The van der Waals surface area contributed by atoms with Gasteiger partial charge >= 0.3 is 5.97 Å². The molecule has 0 heterocycles. The van der Waals surface area contributed by atoms with E-state index < -0.39 is 54.3 Å². The summed E-state index contributed by atoms with van der Waals surface area (Å²) >= 11 is 0. The Kier molecular flexibility index (Phi) is 11.6. The van der Waals surface area contributed by atoms with E-state index in [1.807, 2.05) is 19.9 Å². The molecule has 0 aliphatic rings. The molecule has 4 atom stereocenters. The smallest absolute Gasteiger partial charge is 0.326 e. The van der Waals surface area contributed by atoms with Gasteiger partial charge in [-0.2, -0.15) is 0 Å². The topological polar surface area (TPSA) is 194 Å². The van der Waals surface area contributed by atoms with Gasteiger partial charge in [-0.15, -0.1) is 0 Å². The van der Waals surface area contributed by atoms with E-state index in [0.29, 0.717) is 6.42 Å². The van der Waals surface area contributed by atoms with Gasteiger partial charge in [0.05, 0.1) is 12.6 Å². The highest BCUT2D eigenvalue weighted by atomic mass is 16.4. The number of carbonyl (C=O) groups is 5. The van der Waals surface area contributed by atoms with Crippen LogP contribution in [0.2, 0.25) is 0 Å². The van der Waals surface area contributed by atoms with Crippen molar-refractivity contribution in [2.45, 2.75) is 57.7 Å². The number of aliphatic carboxylic acids is 1. The van der Waals surface area contributed by atoms with Crippen molar-refractivity contribution in [2.75, 3.05) is 6.54 Å². The van der Waals surface area contributed by atoms with Crippen LogP contribution in [0.3, 0.4) is 0 Å². The van der Waals surface area contributed by atoms with Crippen LogP contribution in [0, 0.1) is 5.92 Å². The maximum absolute atomic E-state index is 12.8. The van der Waals surface area contributed by atoms with Gasteiger partial charge in [-0.1, -0.05) is 50.6 Å². The predicted molar refractivity (Wildman–Crippen MR) is 121 cm³/mol. The van der Waals surface area contributed by atoms with Crippen LogP contribution >= 0.6 is 0 Å². The standard InChI is InChI=1S/C22H33N5O6/c1-3-13(2)19(24)21(31)27-16(11-14-7-5-4-6-8-14)20(30)25-12-18(29)26-15(22(32)33)9-10-17(23)28/h4-8,13,15-16,19H,3,9-12,24H2,1-2H3,(H2,23,28)(H,25,30)(H,26,29)(H,27,31)(H,32,33). The van der Waals surface area contributed by atoms with E-state index in [9.17, 15) is 24.0 Å². The third-order valence-corrected chi connectivity index (χ3v) is 5.21. The quantitative estimate of drug-likeness (QED) is 0.204. The summed E-state index contributed by atoms with van der Waals surface area (Å²) in [6, 6.07) is 5.88. The van der Waals surface area contributed by atoms with Crippen LogP contribution in [0.5, 0.6) is 0 Å². The predicted octanol–water partition coefficient (Wildman–Crippen LogP) is -0.962. The van der Waals surface area contributed by atoms with Gasteiger partial charge in [0.2, 0.25) is 23.6 Å². The van der Waals surface area contributed by atoms with Crippen molar-refractivity contribution in [1.29, 1.82) is 0 Å². The number of amides is 4. The van der Waals surface area contributed by atoms with E-state index >= 15 is 0 Å². The lowest BCUT2D eigenvalue weighted by Gasteiger charge is -2.23. The first-order chi connectivity index (χ1) is 15.5. The highest BCUT2D eigenvalue weighted by Crippen LogP contribution is 2.08. The fourth-order valence-corrected chi connectivity index (χ4v) is 2.92. The molecule has 11 heteroatoms. The van der Waals surface area contributed by atoms with Crippen LogP contribution in [0.1, 0.15) is 38.7 Å². The Hall–Kier alpha value is -3.47. The Morgan fingerprint density at radius 1 is 1.00 bits per heavy atom. The van der Waals surface area contributed by atoms with E-state index in [2.05, 4.69) is 16.0 Å². The summed E-state index contributed by atoms with van der Waals surface area (Å²) in [4.78, 5) is 59.5. The van der Waals surface area contributed by atoms with Crippen LogP contribution in [0.25, 0.3) is 0 Å². The van der Waals surface area contributed by atoms with E-state index in [0.717, 1.165) is 5.56 Å². The molecule has 33 heavy (non-hydrogen) atoms. The molecule has 1 aromatic carbocycles. The van der Waals surface area contributed by atoms with Gasteiger partial charge in [0, 0.05) is 12.8 Å². The van der Waals surface area contributed by atoms with Crippen molar-refractivity contribution < 1.29 is 29.1 Å². The first-order valence-corrected chi connectivity index (χ1v) is 10.7. The van der Waals surface area contributed by atoms with E-state index in [4.69, 9.17) is 16.6 Å². The van der Waals surface area contributed by atoms with Crippen LogP contribution in [0.4, 0.5) is 0 Å². The van der Waals surface area contributed by atoms with Gasteiger partial charge in [0.1, 0.15) is 12.1 Å². The molecule has 0 aliphatic heterocycles. The maximum atomic E-state index is 12.8. The molecule has 0 saturated carbocycles. The Labute approximate surface area is 192 Å². The fraction of sp³-hybridized carbons (Fsp3) is 0.500.